The predicted molar refractivity (Wildman–Crippen MR) is 87.8 cm³/mol. The Balaban J connectivity index is 2.01. The quantitative estimate of drug-likeness (QED) is 0.732. The van der Waals surface area contributed by atoms with Gasteiger partial charge in [0.15, 0.2) is 5.60 Å². The summed E-state index contributed by atoms with van der Waals surface area (Å²) in [6.07, 6.45) is 9.58. The number of likely N-dealkylation sites (tertiary alicyclic amines) is 1. The van der Waals surface area contributed by atoms with Gasteiger partial charge in [-0.3, -0.25) is 4.90 Å². The second-order valence-electron chi connectivity index (χ2n) is 5.53. The van der Waals surface area contributed by atoms with Crippen LogP contribution in [0.5, 0.6) is 0 Å². The first kappa shape index (κ1) is 18.1. The lowest BCUT2D eigenvalue weighted by atomic mass is 9.91. The lowest BCUT2D eigenvalue weighted by molar-refractivity contribution is -0.171. The summed E-state index contributed by atoms with van der Waals surface area (Å²) in [5.41, 5.74) is 0.0974. The fraction of sp³-hybridized carbons (Fsp3) is 0.529. The van der Waals surface area contributed by atoms with Crippen molar-refractivity contribution in [1.82, 2.24) is 9.80 Å². The number of ether oxygens (including phenoxy) is 3. The van der Waals surface area contributed by atoms with E-state index in [2.05, 4.69) is 4.90 Å². The second kappa shape index (κ2) is 8.01. The molecule has 2 aliphatic heterocycles. The number of piperidine rings is 1. The summed E-state index contributed by atoms with van der Waals surface area (Å²) in [6, 6.07) is 0. The third-order valence-electron chi connectivity index (χ3n) is 4.28. The third kappa shape index (κ3) is 3.79. The molecule has 132 valence electrons. The molecule has 0 aromatic carbocycles. The van der Waals surface area contributed by atoms with Gasteiger partial charge in [-0.2, -0.15) is 0 Å². The zero-order chi connectivity index (χ0) is 17.6. The lowest BCUT2D eigenvalue weighted by Gasteiger charge is -2.39. The molecule has 0 radical (unpaired) electrons. The number of methoxy groups -OCH3 is 2. The minimum atomic E-state index is -0.868. The maximum absolute atomic E-state index is 12.0. The van der Waals surface area contributed by atoms with Gasteiger partial charge in [0.2, 0.25) is 0 Å². The molecular formula is C17H24N2O5. The van der Waals surface area contributed by atoms with Crippen molar-refractivity contribution in [1.29, 1.82) is 0 Å². The topological polar surface area (TPSA) is 68.3 Å². The van der Waals surface area contributed by atoms with Crippen LogP contribution in [0.3, 0.4) is 0 Å². The molecule has 2 rings (SSSR count). The van der Waals surface area contributed by atoms with Gasteiger partial charge in [-0.1, -0.05) is 0 Å². The molecule has 24 heavy (non-hydrogen) atoms. The van der Waals surface area contributed by atoms with Crippen molar-refractivity contribution in [3.63, 3.8) is 0 Å². The SMILES string of the molecule is CCOC(=O)N1C=CC=C(N2CCC(OC)(C(=O)OC)CC2)C=C1. The number of amides is 1. The molecular weight excluding hydrogens is 312 g/mol. The summed E-state index contributed by atoms with van der Waals surface area (Å²) < 4.78 is 15.3. The molecule has 7 nitrogen and oxygen atoms in total. The highest BCUT2D eigenvalue weighted by Gasteiger charge is 2.42. The first-order chi connectivity index (χ1) is 11.6. The van der Waals surface area contributed by atoms with E-state index in [1.807, 2.05) is 12.2 Å². The number of carbonyl (C=O) groups is 2. The smallest absolute Gasteiger partial charge is 0.417 e. The molecule has 0 unspecified atom stereocenters. The van der Waals surface area contributed by atoms with Crippen LogP contribution in [0.4, 0.5) is 4.79 Å². The third-order valence-corrected chi connectivity index (χ3v) is 4.28. The number of nitrogens with zero attached hydrogens (tertiary/aromatic N) is 2. The van der Waals surface area contributed by atoms with E-state index in [4.69, 9.17) is 14.2 Å². The molecule has 1 amide bonds. The van der Waals surface area contributed by atoms with Crippen molar-refractivity contribution < 1.29 is 23.8 Å². The van der Waals surface area contributed by atoms with Gasteiger partial charge in [0, 0.05) is 51.1 Å². The van der Waals surface area contributed by atoms with Crippen LogP contribution in [0.25, 0.3) is 0 Å². The summed E-state index contributed by atoms with van der Waals surface area (Å²) >= 11 is 0. The number of allylic oxidation sites excluding steroid dienone is 3. The van der Waals surface area contributed by atoms with Crippen LogP contribution in [0.2, 0.25) is 0 Å². The fourth-order valence-electron chi connectivity index (χ4n) is 2.83. The molecule has 2 heterocycles. The average Bonchev–Trinajstić information content (AvgIpc) is 2.87. The summed E-state index contributed by atoms with van der Waals surface area (Å²) in [5.74, 6) is -0.330. The van der Waals surface area contributed by atoms with E-state index in [-0.39, 0.29) is 5.97 Å². The van der Waals surface area contributed by atoms with Gasteiger partial charge in [-0.05, 0) is 25.2 Å². The van der Waals surface area contributed by atoms with Crippen molar-refractivity contribution in [3.8, 4) is 0 Å². The van der Waals surface area contributed by atoms with Gasteiger partial charge < -0.3 is 19.1 Å². The molecule has 0 aromatic rings. The van der Waals surface area contributed by atoms with Crippen LogP contribution in [0.1, 0.15) is 19.8 Å². The van der Waals surface area contributed by atoms with Gasteiger partial charge in [0.25, 0.3) is 0 Å². The zero-order valence-electron chi connectivity index (χ0n) is 14.4. The lowest BCUT2D eigenvalue weighted by Crippen LogP contribution is -2.50. The van der Waals surface area contributed by atoms with Gasteiger partial charge in [-0.25, -0.2) is 9.59 Å². The van der Waals surface area contributed by atoms with Crippen LogP contribution >= 0.6 is 0 Å². The summed E-state index contributed by atoms with van der Waals surface area (Å²) in [7, 11) is 2.91. The Hall–Kier alpha value is -2.28. The van der Waals surface area contributed by atoms with E-state index in [0.29, 0.717) is 32.5 Å². The minimum absolute atomic E-state index is 0.329. The predicted octanol–water partition coefficient (Wildman–Crippen LogP) is 2.02. The van der Waals surface area contributed by atoms with Gasteiger partial charge in [0.05, 0.1) is 13.7 Å². The van der Waals surface area contributed by atoms with Crippen molar-refractivity contribution in [2.45, 2.75) is 25.4 Å². The monoisotopic (exact) mass is 336 g/mol. The molecule has 2 aliphatic rings. The first-order valence-corrected chi connectivity index (χ1v) is 7.96. The van der Waals surface area contributed by atoms with Crippen molar-refractivity contribution in [3.05, 3.63) is 36.3 Å². The van der Waals surface area contributed by atoms with Crippen LogP contribution in [0, 0.1) is 0 Å². The molecule has 0 N–H and O–H groups in total. The standard InChI is InChI=1S/C17H24N2O5/c1-4-24-16(21)19-10-5-6-14(7-11-19)18-12-8-17(23-3,9-13-18)15(20)22-2/h5-7,10-11H,4,8-9,12-13H2,1-3H3. The number of rotatable bonds is 4. The largest absolute Gasteiger partial charge is 0.467 e. The Bertz CT molecular complexity index is 559. The maximum Gasteiger partial charge on any atom is 0.417 e. The Morgan fingerprint density at radius 3 is 2.50 bits per heavy atom. The molecule has 0 atom stereocenters. The molecule has 0 bridgehead atoms. The normalized spacial score (nSPS) is 19.5. The highest BCUT2D eigenvalue weighted by molar-refractivity contribution is 5.79. The van der Waals surface area contributed by atoms with Crippen molar-refractivity contribution in [2.24, 2.45) is 0 Å². The van der Waals surface area contributed by atoms with E-state index in [9.17, 15) is 9.59 Å². The number of hydrogen-bond donors (Lipinski definition) is 0. The first-order valence-electron chi connectivity index (χ1n) is 7.96. The number of esters is 1. The van der Waals surface area contributed by atoms with Gasteiger partial charge in [-0.15, -0.1) is 0 Å². The van der Waals surface area contributed by atoms with Crippen LogP contribution in [-0.4, -0.2) is 61.4 Å². The van der Waals surface area contributed by atoms with E-state index >= 15 is 0 Å². The number of carbonyl (C=O) groups excluding carboxylic acids is 2. The van der Waals surface area contributed by atoms with Crippen molar-refractivity contribution in [2.75, 3.05) is 33.9 Å². The van der Waals surface area contributed by atoms with E-state index in [1.165, 1.54) is 19.1 Å². The minimum Gasteiger partial charge on any atom is -0.467 e. The highest BCUT2D eigenvalue weighted by atomic mass is 16.6. The van der Waals surface area contributed by atoms with Gasteiger partial charge in [0.1, 0.15) is 0 Å². The Kier molecular flexibility index (Phi) is 6.03. The van der Waals surface area contributed by atoms with Crippen molar-refractivity contribution >= 4 is 12.1 Å². The molecule has 7 heteroatoms. The number of hydrogen-bond acceptors (Lipinski definition) is 6. The summed E-state index contributed by atoms with van der Waals surface area (Å²) in [4.78, 5) is 27.3. The maximum atomic E-state index is 12.0. The van der Waals surface area contributed by atoms with Crippen LogP contribution in [-0.2, 0) is 19.0 Å². The average molecular weight is 336 g/mol. The zero-order valence-corrected chi connectivity index (χ0v) is 14.4. The van der Waals surface area contributed by atoms with Gasteiger partial charge >= 0.3 is 12.1 Å². The molecule has 0 aromatic heterocycles. The molecule has 0 spiro atoms. The summed E-state index contributed by atoms with van der Waals surface area (Å²) in [5, 5.41) is 0. The second-order valence-corrected chi connectivity index (χ2v) is 5.53. The summed E-state index contributed by atoms with van der Waals surface area (Å²) in [6.45, 7) is 3.42. The Morgan fingerprint density at radius 2 is 1.92 bits per heavy atom. The van der Waals surface area contributed by atoms with E-state index in [0.717, 1.165) is 5.70 Å². The fourth-order valence-corrected chi connectivity index (χ4v) is 2.83. The highest BCUT2D eigenvalue weighted by Crippen LogP contribution is 2.29. The van der Waals surface area contributed by atoms with Crippen LogP contribution in [0.15, 0.2) is 36.3 Å². The van der Waals surface area contributed by atoms with E-state index in [1.54, 1.807) is 25.4 Å². The molecule has 1 saturated heterocycles. The Labute approximate surface area is 142 Å². The van der Waals surface area contributed by atoms with E-state index < -0.39 is 11.7 Å². The Morgan fingerprint density at radius 1 is 1.21 bits per heavy atom. The van der Waals surface area contributed by atoms with Crippen LogP contribution < -0.4 is 0 Å². The molecule has 0 aliphatic carbocycles. The molecule has 0 saturated carbocycles. The molecule has 1 fully saturated rings.